The highest BCUT2D eigenvalue weighted by Crippen LogP contribution is 2.43. The molecule has 0 saturated heterocycles. The Hall–Kier alpha value is -10.7. The lowest BCUT2D eigenvalue weighted by atomic mass is 9.96. The molecule has 0 unspecified atom stereocenters. The van der Waals surface area contributed by atoms with Gasteiger partial charge >= 0.3 is 0 Å². The molecule has 0 radical (unpaired) electrons. The average Bonchev–Trinajstić information content (AvgIpc) is 3.85. The molecule has 0 N–H and O–H groups in total. The van der Waals surface area contributed by atoms with Crippen molar-refractivity contribution in [2.75, 3.05) is 11.4 Å². The lowest BCUT2D eigenvalue weighted by molar-refractivity contribution is 1.05. The van der Waals surface area contributed by atoms with Crippen LogP contribution in [0.3, 0.4) is 0 Å². The van der Waals surface area contributed by atoms with Crippen LogP contribution in [0.2, 0.25) is 0 Å². The second-order valence-electron chi connectivity index (χ2n) is 18.2. The highest BCUT2D eigenvalue weighted by molar-refractivity contribution is 6.10. The first-order valence-corrected chi connectivity index (χ1v) is 24.5. The van der Waals surface area contributed by atoms with Gasteiger partial charge in [0.05, 0.1) is 57.3 Å². The monoisotopic (exact) mass is 958 g/mol. The predicted octanol–water partition coefficient (Wildman–Crippen LogP) is 15.9. The van der Waals surface area contributed by atoms with Gasteiger partial charge in [0, 0.05) is 45.3 Å². The number of allylic oxidation sites excluding steroid dienone is 4. The molecule has 8 heteroatoms. The van der Waals surface area contributed by atoms with Gasteiger partial charge < -0.3 is 9.47 Å². The number of nitriles is 3. The molecule has 1 aliphatic heterocycles. The molecule has 0 amide bonds. The fraction of sp³-hybridized carbons (Fsp3) is 0.0149. The molecule has 1 aliphatic rings. The van der Waals surface area contributed by atoms with Gasteiger partial charge in [-0.3, -0.25) is 0 Å². The zero-order valence-corrected chi connectivity index (χ0v) is 40.4. The van der Waals surface area contributed by atoms with Crippen LogP contribution in [0.25, 0.3) is 101 Å². The van der Waals surface area contributed by atoms with Crippen molar-refractivity contribution < 1.29 is 0 Å². The SMILES string of the molecule is C=C1/C=C\C=C/CN(c2cc(-c3ccccc3C#N)ccc2-c2nc(-c3ccc(-c4ccc(C#N)cc4)cc3)nc(-c3ccc(-c4ccccc4C#N)cc3-n3c4ccccc4c4ccccc43)n2)c2ccccc21. The summed E-state index contributed by atoms with van der Waals surface area (Å²) in [5.41, 5.74) is 15.7. The Morgan fingerprint density at radius 3 is 1.48 bits per heavy atom. The van der Waals surface area contributed by atoms with E-state index in [2.05, 4.69) is 125 Å². The minimum Gasteiger partial charge on any atom is -0.336 e. The molecule has 75 heavy (non-hydrogen) atoms. The van der Waals surface area contributed by atoms with E-state index in [9.17, 15) is 15.8 Å². The molecular weight excluding hydrogens is 917 g/mol. The van der Waals surface area contributed by atoms with Crippen LogP contribution in [0.5, 0.6) is 0 Å². The van der Waals surface area contributed by atoms with Crippen LogP contribution in [0.4, 0.5) is 11.4 Å². The molecular formula is C67H42N8. The van der Waals surface area contributed by atoms with Gasteiger partial charge in [0.15, 0.2) is 17.5 Å². The summed E-state index contributed by atoms with van der Waals surface area (Å²) in [6.45, 7) is 4.97. The highest BCUT2D eigenvalue weighted by atomic mass is 15.1. The van der Waals surface area contributed by atoms with Gasteiger partial charge in [-0.2, -0.15) is 15.8 Å². The van der Waals surface area contributed by atoms with Crippen molar-refractivity contribution in [2.45, 2.75) is 0 Å². The molecule has 8 nitrogen and oxygen atoms in total. The summed E-state index contributed by atoms with van der Waals surface area (Å²) in [4.78, 5) is 18.6. The van der Waals surface area contributed by atoms with Gasteiger partial charge in [0.1, 0.15) is 0 Å². The highest BCUT2D eigenvalue weighted by Gasteiger charge is 2.25. The lowest BCUT2D eigenvalue weighted by Crippen LogP contribution is -2.19. The van der Waals surface area contributed by atoms with Gasteiger partial charge in [-0.1, -0.05) is 170 Å². The third-order valence-corrected chi connectivity index (χ3v) is 13.8. The summed E-state index contributed by atoms with van der Waals surface area (Å²) in [6.07, 6.45) is 8.19. The summed E-state index contributed by atoms with van der Waals surface area (Å²) in [6, 6.07) is 75.6. The van der Waals surface area contributed by atoms with Crippen LogP contribution >= 0.6 is 0 Å². The van der Waals surface area contributed by atoms with E-state index in [-0.39, 0.29) is 0 Å². The van der Waals surface area contributed by atoms with Crippen molar-refractivity contribution in [3.63, 3.8) is 0 Å². The maximum Gasteiger partial charge on any atom is 0.166 e. The number of rotatable bonds is 8. The largest absolute Gasteiger partial charge is 0.336 e. The number of fused-ring (bicyclic) bond motifs is 4. The topological polar surface area (TPSA) is 118 Å². The number of hydrogen-bond acceptors (Lipinski definition) is 7. The van der Waals surface area contributed by atoms with E-state index < -0.39 is 0 Å². The van der Waals surface area contributed by atoms with Gasteiger partial charge in [-0.25, -0.2) is 15.0 Å². The molecule has 0 bridgehead atoms. The maximum atomic E-state index is 10.3. The predicted molar refractivity (Wildman–Crippen MR) is 302 cm³/mol. The van der Waals surface area contributed by atoms with Gasteiger partial charge in [-0.05, 0) is 106 Å². The number of aromatic nitrogens is 4. The first kappa shape index (κ1) is 45.4. The fourth-order valence-corrected chi connectivity index (χ4v) is 10.1. The van der Waals surface area contributed by atoms with E-state index in [1.807, 2.05) is 140 Å². The molecule has 350 valence electrons. The van der Waals surface area contributed by atoms with Crippen LogP contribution in [-0.4, -0.2) is 26.1 Å². The Morgan fingerprint density at radius 2 is 0.880 bits per heavy atom. The van der Waals surface area contributed by atoms with Crippen molar-refractivity contribution in [2.24, 2.45) is 0 Å². The summed E-state index contributed by atoms with van der Waals surface area (Å²) in [7, 11) is 0. The number of benzene rings is 9. The molecule has 12 rings (SSSR count). The third-order valence-electron chi connectivity index (χ3n) is 13.8. The van der Waals surface area contributed by atoms with Crippen LogP contribution in [0.1, 0.15) is 22.3 Å². The van der Waals surface area contributed by atoms with E-state index in [0.29, 0.717) is 40.7 Å². The van der Waals surface area contributed by atoms with Crippen molar-refractivity contribution in [1.29, 1.82) is 15.8 Å². The van der Waals surface area contributed by atoms with Crippen molar-refractivity contribution in [3.05, 3.63) is 259 Å². The fourth-order valence-electron chi connectivity index (χ4n) is 10.1. The van der Waals surface area contributed by atoms with E-state index in [4.69, 9.17) is 15.0 Å². The van der Waals surface area contributed by atoms with E-state index in [1.54, 1.807) is 0 Å². The minimum atomic E-state index is 0.437. The first-order chi connectivity index (χ1) is 37.0. The Kier molecular flexibility index (Phi) is 11.8. The average molecular weight is 959 g/mol. The summed E-state index contributed by atoms with van der Waals surface area (Å²) in [5, 5.41) is 32.4. The minimum absolute atomic E-state index is 0.437. The number of anilines is 2. The van der Waals surface area contributed by atoms with E-state index in [0.717, 1.165) is 100 Å². The zero-order chi connectivity index (χ0) is 50.8. The van der Waals surface area contributed by atoms with Crippen LogP contribution in [0.15, 0.2) is 237 Å². The smallest absolute Gasteiger partial charge is 0.166 e. The summed E-state index contributed by atoms with van der Waals surface area (Å²) in [5.74, 6) is 1.34. The molecule has 9 aromatic carbocycles. The Morgan fingerprint density at radius 1 is 0.400 bits per heavy atom. The van der Waals surface area contributed by atoms with E-state index in [1.165, 1.54) is 0 Å². The van der Waals surface area contributed by atoms with Crippen molar-refractivity contribution in [1.82, 2.24) is 19.5 Å². The quantitative estimate of drug-likeness (QED) is 0.149. The molecule has 0 spiro atoms. The number of para-hydroxylation sites is 3. The first-order valence-electron chi connectivity index (χ1n) is 24.5. The molecule has 3 heterocycles. The van der Waals surface area contributed by atoms with Crippen LogP contribution in [-0.2, 0) is 0 Å². The molecule has 0 fully saturated rings. The molecule has 0 atom stereocenters. The van der Waals surface area contributed by atoms with Crippen LogP contribution in [0, 0.1) is 34.0 Å². The Bertz CT molecular complexity index is 4220. The van der Waals surface area contributed by atoms with Gasteiger partial charge in [-0.15, -0.1) is 0 Å². The van der Waals surface area contributed by atoms with Crippen LogP contribution < -0.4 is 4.90 Å². The Labute approximate surface area is 434 Å². The zero-order valence-electron chi connectivity index (χ0n) is 40.4. The summed E-state index contributed by atoms with van der Waals surface area (Å²) < 4.78 is 2.27. The summed E-state index contributed by atoms with van der Waals surface area (Å²) >= 11 is 0. The number of nitrogens with zero attached hydrogens (tertiary/aromatic N) is 8. The maximum absolute atomic E-state index is 10.3. The van der Waals surface area contributed by atoms with Gasteiger partial charge in [0.2, 0.25) is 0 Å². The standard InChI is InChI=1S/C67H42N8/c1-44-15-3-2-14-38-74(60-23-11-8-18-53(44)60)63-39-49(54-19-6-4-16-51(54)42-69)34-36-58(63)66-71-65(48-32-30-47(31-33-48)46-28-26-45(41-68)27-29-46)72-67(73-66)59-37-35-50(55-20-7-5-17-52(55)43-70)40-64(59)75-61-24-12-9-21-56(61)57-22-10-13-25-62(57)75/h2-37,39-40H,1,38H2/b14-2-,15-3-. The van der Waals surface area contributed by atoms with Gasteiger partial charge in [0.25, 0.3) is 0 Å². The van der Waals surface area contributed by atoms with Crippen molar-refractivity contribution >= 4 is 38.8 Å². The second kappa shape index (κ2) is 19.5. The molecule has 0 aliphatic carbocycles. The Balaban J connectivity index is 1.14. The molecule has 11 aromatic rings. The lowest BCUT2D eigenvalue weighted by Gasteiger charge is -2.29. The molecule has 2 aromatic heterocycles. The second-order valence-corrected chi connectivity index (χ2v) is 18.2. The van der Waals surface area contributed by atoms with Crippen molar-refractivity contribution in [3.8, 4) is 91.4 Å². The number of hydrogen-bond donors (Lipinski definition) is 0. The third kappa shape index (κ3) is 8.39. The normalized spacial score (nSPS) is 12.9. The van der Waals surface area contributed by atoms with E-state index >= 15 is 0 Å². The molecule has 0 saturated carbocycles.